The number of nitrogens with one attached hydrogen (secondary N) is 2. The standard InChI is InChI=1S/C21H27N3O4S/c1-24(2)20(16-5-4-6-18(13-16)28-3)14-22-21(25)15-7-11-19(12-8-15)29(26,27)23-17-9-10-17/h4-8,11-13,17,20,23H,9-10,14H2,1-3H3,(H,22,25). The van der Waals surface area contributed by atoms with Crippen LogP contribution in [0.2, 0.25) is 0 Å². The minimum absolute atomic E-state index is 0.0311. The molecular weight excluding hydrogens is 390 g/mol. The number of rotatable bonds is 9. The fourth-order valence-corrected chi connectivity index (χ4v) is 4.32. The number of ether oxygens (including phenoxy) is 1. The number of methoxy groups -OCH3 is 1. The molecule has 0 heterocycles. The zero-order chi connectivity index (χ0) is 21.0. The first kappa shape index (κ1) is 21.3. The van der Waals surface area contributed by atoms with E-state index in [1.165, 1.54) is 24.3 Å². The van der Waals surface area contributed by atoms with Crippen LogP contribution in [0, 0.1) is 0 Å². The van der Waals surface area contributed by atoms with E-state index in [-0.39, 0.29) is 22.9 Å². The molecule has 156 valence electrons. The second-order valence-corrected chi connectivity index (χ2v) is 9.10. The lowest BCUT2D eigenvalue weighted by Gasteiger charge is -2.25. The normalized spacial score (nSPS) is 15.2. The van der Waals surface area contributed by atoms with Crippen molar-refractivity contribution in [2.75, 3.05) is 27.7 Å². The largest absolute Gasteiger partial charge is 0.497 e. The number of sulfonamides is 1. The van der Waals surface area contributed by atoms with Crippen molar-refractivity contribution in [1.29, 1.82) is 0 Å². The van der Waals surface area contributed by atoms with Crippen LogP contribution in [0.25, 0.3) is 0 Å². The van der Waals surface area contributed by atoms with E-state index in [0.717, 1.165) is 24.2 Å². The number of likely N-dealkylation sites (N-methyl/N-ethyl adjacent to an activating group) is 1. The monoisotopic (exact) mass is 417 g/mol. The van der Waals surface area contributed by atoms with Crippen LogP contribution in [0.5, 0.6) is 5.75 Å². The molecule has 1 atom stereocenters. The molecule has 2 aromatic carbocycles. The molecule has 0 saturated heterocycles. The highest BCUT2D eigenvalue weighted by Crippen LogP contribution is 2.23. The zero-order valence-electron chi connectivity index (χ0n) is 16.9. The summed E-state index contributed by atoms with van der Waals surface area (Å²) in [6, 6.07) is 13.7. The third-order valence-corrected chi connectivity index (χ3v) is 6.42. The summed E-state index contributed by atoms with van der Waals surface area (Å²) >= 11 is 0. The number of hydrogen-bond donors (Lipinski definition) is 2. The Balaban J connectivity index is 1.65. The van der Waals surface area contributed by atoms with Crippen LogP contribution in [-0.2, 0) is 10.0 Å². The van der Waals surface area contributed by atoms with Gasteiger partial charge in [-0.25, -0.2) is 13.1 Å². The molecule has 1 fully saturated rings. The molecule has 1 aliphatic rings. The molecule has 0 bridgehead atoms. The van der Waals surface area contributed by atoms with Gasteiger partial charge in [-0.15, -0.1) is 0 Å². The van der Waals surface area contributed by atoms with E-state index >= 15 is 0 Å². The SMILES string of the molecule is COc1cccc(C(CNC(=O)c2ccc(S(=O)(=O)NC3CC3)cc2)N(C)C)c1. The number of amides is 1. The summed E-state index contributed by atoms with van der Waals surface area (Å²) in [6.07, 6.45) is 1.75. The van der Waals surface area contributed by atoms with Crippen molar-refractivity contribution in [2.45, 2.75) is 29.8 Å². The lowest BCUT2D eigenvalue weighted by Crippen LogP contribution is -2.34. The van der Waals surface area contributed by atoms with Crippen molar-refractivity contribution in [1.82, 2.24) is 14.9 Å². The lowest BCUT2D eigenvalue weighted by molar-refractivity contribution is 0.0942. The van der Waals surface area contributed by atoms with Gasteiger partial charge in [0.25, 0.3) is 5.91 Å². The summed E-state index contributed by atoms with van der Waals surface area (Å²) in [5.74, 6) is 0.510. The van der Waals surface area contributed by atoms with Gasteiger partial charge >= 0.3 is 0 Å². The summed E-state index contributed by atoms with van der Waals surface area (Å²) < 4.78 is 32.4. The molecule has 8 heteroatoms. The Morgan fingerprint density at radius 1 is 1.17 bits per heavy atom. The number of hydrogen-bond acceptors (Lipinski definition) is 5. The van der Waals surface area contributed by atoms with E-state index in [1.54, 1.807) is 7.11 Å². The summed E-state index contributed by atoms with van der Waals surface area (Å²) in [7, 11) is 2.00. The number of nitrogens with zero attached hydrogens (tertiary/aromatic N) is 1. The molecule has 1 saturated carbocycles. The van der Waals surface area contributed by atoms with E-state index < -0.39 is 10.0 Å². The molecular formula is C21H27N3O4S. The molecule has 29 heavy (non-hydrogen) atoms. The van der Waals surface area contributed by atoms with Gasteiger partial charge in [-0.05, 0) is 68.9 Å². The molecule has 2 aromatic rings. The highest BCUT2D eigenvalue weighted by atomic mass is 32.2. The van der Waals surface area contributed by atoms with E-state index in [2.05, 4.69) is 10.0 Å². The second kappa shape index (κ2) is 8.94. The molecule has 0 aromatic heterocycles. The third kappa shape index (κ3) is 5.56. The van der Waals surface area contributed by atoms with Gasteiger partial charge in [0.15, 0.2) is 0 Å². The van der Waals surface area contributed by atoms with Gasteiger partial charge in [0.05, 0.1) is 18.0 Å². The molecule has 7 nitrogen and oxygen atoms in total. The van der Waals surface area contributed by atoms with Crippen LogP contribution in [-0.4, -0.2) is 53.0 Å². The molecule has 2 N–H and O–H groups in total. The van der Waals surface area contributed by atoms with Crippen LogP contribution in [0.1, 0.15) is 34.8 Å². The number of carbonyl (C=O) groups excluding carboxylic acids is 1. The first-order valence-electron chi connectivity index (χ1n) is 9.51. The maximum Gasteiger partial charge on any atom is 0.251 e. The Morgan fingerprint density at radius 3 is 2.45 bits per heavy atom. The second-order valence-electron chi connectivity index (χ2n) is 7.39. The summed E-state index contributed by atoms with van der Waals surface area (Å²) in [6.45, 7) is 0.405. The predicted molar refractivity (Wildman–Crippen MR) is 112 cm³/mol. The Bertz CT molecular complexity index is 954. The van der Waals surface area contributed by atoms with Crippen molar-refractivity contribution in [3.63, 3.8) is 0 Å². The van der Waals surface area contributed by atoms with Crippen molar-refractivity contribution in [3.05, 3.63) is 59.7 Å². The van der Waals surface area contributed by atoms with Crippen molar-refractivity contribution in [3.8, 4) is 5.75 Å². The molecule has 0 radical (unpaired) electrons. The van der Waals surface area contributed by atoms with Gasteiger partial charge in [0.1, 0.15) is 5.75 Å². The average Bonchev–Trinajstić information content (AvgIpc) is 3.51. The first-order valence-corrected chi connectivity index (χ1v) is 11.0. The van der Waals surface area contributed by atoms with E-state index in [9.17, 15) is 13.2 Å². The lowest BCUT2D eigenvalue weighted by atomic mass is 10.1. The van der Waals surface area contributed by atoms with Crippen LogP contribution in [0.15, 0.2) is 53.4 Å². The number of benzene rings is 2. The van der Waals surface area contributed by atoms with E-state index in [1.807, 2.05) is 43.3 Å². The fourth-order valence-electron chi connectivity index (χ4n) is 3.01. The fraction of sp³-hybridized carbons (Fsp3) is 0.381. The summed E-state index contributed by atoms with van der Waals surface area (Å²) in [4.78, 5) is 14.7. The van der Waals surface area contributed by atoms with Crippen molar-refractivity contribution in [2.24, 2.45) is 0 Å². The zero-order valence-corrected chi connectivity index (χ0v) is 17.7. The van der Waals surface area contributed by atoms with Crippen molar-refractivity contribution >= 4 is 15.9 Å². The Labute approximate surface area is 172 Å². The molecule has 0 aliphatic heterocycles. The topological polar surface area (TPSA) is 87.7 Å². The van der Waals surface area contributed by atoms with Crippen LogP contribution < -0.4 is 14.8 Å². The Morgan fingerprint density at radius 2 is 1.86 bits per heavy atom. The quantitative estimate of drug-likeness (QED) is 0.653. The maximum atomic E-state index is 12.6. The molecule has 1 unspecified atom stereocenters. The highest BCUT2D eigenvalue weighted by Gasteiger charge is 2.28. The molecule has 0 spiro atoms. The van der Waals surface area contributed by atoms with Gasteiger partial charge in [-0.1, -0.05) is 12.1 Å². The minimum Gasteiger partial charge on any atom is -0.497 e. The predicted octanol–water partition coefficient (Wildman–Crippen LogP) is 2.17. The highest BCUT2D eigenvalue weighted by molar-refractivity contribution is 7.89. The maximum absolute atomic E-state index is 12.6. The Kier molecular flexibility index (Phi) is 6.56. The molecule has 1 aliphatic carbocycles. The molecule has 3 rings (SSSR count). The molecule has 1 amide bonds. The van der Waals surface area contributed by atoms with E-state index in [0.29, 0.717) is 12.1 Å². The van der Waals surface area contributed by atoms with Gasteiger partial charge in [-0.2, -0.15) is 0 Å². The first-order chi connectivity index (χ1) is 13.8. The van der Waals surface area contributed by atoms with Gasteiger partial charge < -0.3 is 15.0 Å². The van der Waals surface area contributed by atoms with E-state index in [4.69, 9.17) is 4.74 Å². The van der Waals surface area contributed by atoms with Crippen LogP contribution in [0.3, 0.4) is 0 Å². The smallest absolute Gasteiger partial charge is 0.251 e. The third-order valence-electron chi connectivity index (χ3n) is 4.88. The van der Waals surface area contributed by atoms with Gasteiger partial charge in [0.2, 0.25) is 10.0 Å². The van der Waals surface area contributed by atoms with Crippen molar-refractivity contribution < 1.29 is 17.9 Å². The number of carbonyl (C=O) groups is 1. The van der Waals surface area contributed by atoms with Crippen LogP contribution in [0.4, 0.5) is 0 Å². The minimum atomic E-state index is -3.52. The Hall–Kier alpha value is -2.42. The summed E-state index contributed by atoms with van der Waals surface area (Å²) in [5, 5.41) is 2.93. The average molecular weight is 418 g/mol. The van der Waals surface area contributed by atoms with Gasteiger partial charge in [-0.3, -0.25) is 4.79 Å². The van der Waals surface area contributed by atoms with Gasteiger partial charge in [0, 0.05) is 18.2 Å². The van der Waals surface area contributed by atoms with Crippen LogP contribution >= 0.6 is 0 Å². The summed E-state index contributed by atoms with van der Waals surface area (Å²) in [5.41, 5.74) is 1.45.